The molecule has 0 saturated carbocycles. The lowest BCUT2D eigenvalue weighted by Crippen LogP contribution is -2.43. The molecule has 1 aliphatic rings. The predicted molar refractivity (Wildman–Crippen MR) is 188 cm³/mol. The van der Waals surface area contributed by atoms with Gasteiger partial charge in [0.15, 0.2) is 6.29 Å². The van der Waals surface area contributed by atoms with Gasteiger partial charge in [0.05, 0.1) is 18.8 Å². The second kappa shape index (κ2) is 15.7. The summed E-state index contributed by atoms with van der Waals surface area (Å²) in [7, 11) is 2.11. The van der Waals surface area contributed by atoms with Crippen LogP contribution in [0.3, 0.4) is 0 Å². The molecule has 0 aliphatic carbocycles. The number of urea groups is 1. The van der Waals surface area contributed by atoms with Crippen LogP contribution in [0.5, 0.6) is 11.5 Å². The molecule has 1 heterocycles. The predicted octanol–water partition coefficient (Wildman–Crippen LogP) is 8.54. The highest BCUT2D eigenvalue weighted by atomic mass is 16.7. The van der Waals surface area contributed by atoms with E-state index in [1.54, 1.807) is 12.1 Å². The minimum Gasteiger partial charge on any atom is -0.457 e. The molecule has 8 nitrogen and oxygen atoms in total. The first-order chi connectivity index (χ1) is 23.4. The van der Waals surface area contributed by atoms with Crippen molar-refractivity contribution in [1.82, 2.24) is 4.90 Å². The van der Waals surface area contributed by atoms with E-state index in [1.807, 2.05) is 97.1 Å². The first-order valence-electron chi connectivity index (χ1n) is 16.2. The molecule has 0 spiro atoms. The van der Waals surface area contributed by atoms with Crippen molar-refractivity contribution in [3.63, 3.8) is 0 Å². The van der Waals surface area contributed by atoms with Gasteiger partial charge in [-0.1, -0.05) is 91.9 Å². The van der Waals surface area contributed by atoms with Crippen LogP contribution in [0, 0.1) is 5.92 Å². The average molecular weight is 644 g/mol. The maximum atomic E-state index is 12.8. The van der Waals surface area contributed by atoms with Crippen molar-refractivity contribution in [3.8, 4) is 11.5 Å². The number of anilines is 2. The van der Waals surface area contributed by atoms with Crippen molar-refractivity contribution in [2.75, 3.05) is 24.2 Å². The van der Waals surface area contributed by atoms with Gasteiger partial charge in [0.25, 0.3) is 0 Å². The Kier molecular flexibility index (Phi) is 10.8. The molecule has 4 atom stereocenters. The molecule has 0 aromatic heterocycles. The lowest BCUT2D eigenvalue weighted by molar-refractivity contribution is -0.276. The van der Waals surface area contributed by atoms with E-state index in [2.05, 4.69) is 53.8 Å². The highest BCUT2D eigenvalue weighted by Gasteiger charge is 2.38. The van der Waals surface area contributed by atoms with Crippen molar-refractivity contribution >= 4 is 17.4 Å². The minimum atomic E-state index is -0.599. The molecule has 1 aliphatic heterocycles. The number of para-hydroxylation sites is 1. The van der Waals surface area contributed by atoms with Gasteiger partial charge in [-0.2, -0.15) is 0 Å². The van der Waals surface area contributed by atoms with E-state index in [9.17, 15) is 9.90 Å². The molecule has 6 rings (SSSR count). The Morgan fingerprint density at radius 2 is 1.27 bits per heavy atom. The molecule has 1 saturated heterocycles. The van der Waals surface area contributed by atoms with E-state index >= 15 is 0 Å². The fourth-order valence-electron chi connectivity index (χ4n) is 5.84. The van der Waals surface area contributed by atoms with Crippen LogP contribution in [0.2, 0.25) is 0 Å². The third-order valence-corrected chi connectivity index (χ3v) is 8.44. The number of hydrogen-bond donors (Lipinski definition) is 3. The van der Waals surface area contributed by atoms with Gasteiger partial charge in [-0.3, -0.25) is 4.90 Å². The van der Waals surface area contributed by atoms with Crippen LogP contribution in [-0.2, 0) is 22.6 Å². The standard InChI is InChI=1S/C40H41N3O5/c1-28-37(26-43(2)25-29-9-5-3-6-10-29)47-39(48-38(28)31-15-13-30(27-44)14-16-31)32-17-19-33(20-18-32)41-40(45)42-34-21-23-36(24-22-34)46-35-11-7-4-8-12-35/h3-24,28,37-39,44H,25-27H2,1-2H3,(H2,41,42,45). The van der Waals surface area contributed by atoms with Crippen LogP contribution in [-0.4, -0.2) is 35.7 Å². The Balaban J connectivity index is 1.10. The molecular formula is C40H41N3O5. The highest BCUT2D eigenvalue weighted by molar-refractivity contribution is 5.99. The zero-order chi connectivity index (χ0) is 33.3. The van der Waals surface area contributed by atoms with Crippen molar-refractivity contribution < 1.29 is 24.1 Å². The Labute approximate surface area is 281 Å². The third kappa shape index (κ3) is 8.67. The number of likely N-dealkylation sites (N-methyl/N-ethyl adjacent to an activating group) is 1. The monoisotopic (exact) mass is 643 g/mol. The molecule has 5 aromatic rings. The summed E-state index contributed by atoms with van der Waals surface area (Å²) in [5.74, 6) is 1.50. The van der Waals surface area contributed by atoms with Crippen LogP contribution in [0.1, 0.15) is 41.6 Å². The number of benzene rings is 5. The van der Waals surface area contributed by atoms with Gasteiger partial charge < -0.3 is 30.0 Å². The van der Waals surface area contributed by atoms with E-state index in [-0.39, 0.29) is 30.8 Å². The van der Waals surface area contributed by atoms with Crippen LogP contribution < -0.4 is 15.4 Å². The Bertz CT molecular complexity index is 1730. The van der Waals surface area contributed by atoms with Gasteiger partial charge in [-0.25, -0.2) is 4.79 Å². The van der Waals surface area contributed by atoms with Crippen LogP contribution in [0.4, 0.5) is 16.2 Å². The van der Waals surface area contributed by atoms with E-state index in [4.69, 9.17) is 14.2 Å². The lowest BCUT2D eigenvalue weighted by Gasteiger charge is -2.42. The highest BCUT2D eigenvalue weighted by Crippen LogP contribution is 2.42. The van der Waals surface area contributed by atoms with E-state index in [0.29, 0.717) is 17.1 Å². The smallest absolute Gasteiger partial charge is 0.323 e. The molecule has 8 heteroatoms. The first kappa shape index (κ1) is 32.9. The SMILES string of the molecule is CC1C(CN(C)Cc2ccccc2)OC(c2ccc(NC(=O)Nc3ccc(Oc4ccccc4)cc3)cc2)OC1c1ccc(CO)cc1. The molecule has 1 fully saturated rings. The van der Waals surface area contributed by atoms with E-state index in [1.165, 1.54) is 5.56 Å². The number of nitrogens with zero attached hydrogens (tertiary/aromatic N) is 1. The molecule has 246 valence electrons. The number of aliphatic hydroxyl groups is 1. The molecular weight excluding hydrogens is 602 g/mol. The summed E-state index contributed by atoms with van der Waals surface area (Å²) in [6.07, 6.45) is -0.911. The Morgan fingerprint density at radius 3 is 1.90 bits per heavy atom. The number of rotatable bonds is 11. The van der Waals surface area contributed by atoms with Gasteiger partial charge in [0, 0.05) is 35.9 Å². The fourth-order valence-corrected chi connectivity index (χ4v) is 5.84. The number of amides is 2. The first-order valence-corrected chi connectivity index (χ1v) is 16.2. The number of carbonyl (C=O) groups excluding carboxylic acids is 1. The summed E-state index contributed by atoms with van der Waals surface area (Å²) in [4.78, 5) is 15.1. The lowest BCUT2D eigenvalue weighted by atomic mass is 9.90. The summed E-state index contributed by atoms with van der Waals surface area (Å²) in [5, 5.41) is 15.3. The number of ether oxygens (including phenoxy) is 3. The summed E-state index contributed by atoms with van der Waals surface area (Å²) in [6, 6.07) is 42.2. The molecule has 0 radical (unpaired) electrons. The van der Waals surface area contributed by atoms with E-state index < -0.39 is 6.29 Å². The summed E-state index contributed by atoms with van der Waals surface area (Å²) in [6.45, 7) is 3.69. The largest absolute Gasteiger partial charge is 0.457 e. The molecule has 0 bridgehead atoms. The maximum absolute atomic E-state index is 12.8. The minimum absolute atomic E-state index is 0.00555. The zero-order valence-electron chi connectivity index (χ0n) is 27.2. The molecule has 48 heavy (non-hydrogen) atoms. The molecule has 3 N–H and O–H groups in total. The Morgan fingerprint density at radius 1 is 0.708 bits per heavy atom. The van der Waals surface area contributed by atoms with Gasteiger partial charge in [0.2, 0.25) is 0 Å². The van der Waals surface area contributed by atoms with Crippen molar-refractivity contribution in [2.45, 2.75) is 38.6 Å². The summed E-state index contributed by atoms with van der Waals surface area (Å²) in [5.41, 5.74) is 5.28. The van der Waals surface area contributed by atoms with Crippen LogP contribution in [0.25, 0.3) is 0 Å². The third-order valence-electron chi connectivity index (χ3n) is 8.44. The van der Waals surface area contributed by atoms with Gasteiger partial charge in [0.1, 0.15) is 11.5 Å². The summed E-state index contributed by atoms with van der Waals surface area (Å²) >= 11 is 0. The number of nitrogens with one attached hydrogen (secondary N) is 2. The van der Waals surface area contributed by atoms with Crippen molar-refractivity contribution in [3.05, 3.63) is 156 Å². The second-order valence-corrected chi connectivity index (χ2v) is 12.1. The van der Waals surface area contributed by atoms with Crippen LogP contribution >= 0.6 is 0 Å². The van der Waals surface area contributed by atoms with Gasteiger partial charge in [-0.05, 0) is 72.3 Å². The van der Waals surface area contributed by atoms with Crippen LogP contribution in [0.15, 0.2) is 133 Å². The van der Waals surface area contributed by atoms with Crippen molar-refractivity contribution in [2.24, 2.45) is 5.92 Å². The van der Waals surface area contributed by atoms with Gasteiger partial charge >= 0.3 is 6.03 Å². The zero-order valence-corrected chi connectivity index (χ0v) is 27.2. The number of carbonyl (C=O) groups is 1. The number of hydrogen-bond acceptors (Lipinski definition) is 6. The normalized spacial score (nSPS) is 19.1. The fraction of sp³-hybridized carbons (Fsp3) is 0.225. The quantitative estimate of drug-likeness (QED) is 0.134. The molecule has 5 aromatic carbocycles. The topological polar surface area (TPSA) is 92.3 Å². The van der Waals surface area contributed by atoms with Crippen molar-refractivity contribution in [1.29, 1.82) is 0 Å². The number of aliphatic hydroxyl groups excluding tert-OH is 1. The second-order valence-electron chi connectivity index (χ2n) is 12.1. The maximum Gasteiger partial charge on any atom is 0.323 e. The van der Waals surface area contributed by atoms with Gasteiger partial charge in [-0.15, -0.1) is 0 Å². The average Bonchev–Trinajstić information content (AvgIpc) is 3.11. The molecule has 2 amide bonds. The summed E-state index contributed by atoms with van der Waals surface area (Å²) < 4.78 is 19.1. The Hall–Kier alpha value is -4.99. The molecule has 4 unspecified atom stereocenters. The van der Waals surface area contributed by atoms with E-state index in [0.717, 1.165) is 35.5 Å².